The summed E-state index contributed by atoms with van der Waals surface area (Å²) in [7, 11) is 0. The monoisotopic (exact) mass is 333 g/mol. The summed E-state index contributed by atoms with van der Waals surface area (Å²) < 4.78 is 11.8. The van der Waals surface area contributed by atoms with E-state index in [-0.39, 0.29) is 16.6 Å². The van der Waals surface area contributed by atoms with Gasteiger partial charge in [-0.25, -0.2) is 9.87 Å². The number of hydrogen-bond acceptors (Lipinski definition) is 6. The van der Waals surface area contributed by atoms with Crippen molar-refractivity contribution in [1.82, 2.24) is 4.98 Å². The lowest BCUT2D eigenvalue weighted by Crippen LogP contribution is -2.73. The minimum absolute atomic E-state index is 0.0420. The number of oxazole rings is 1. The van der Waals surface area contributed by atoms with Crippen LogP contribution in [0.2, 0.25) is 0 Å². The Morgan fingerprint density at radius 1 is 1.17 bits per heavy atom. The number of aryl methyl sites for hydroxylation is 1. The largest absolute Gasteiger partial charge is 0.506 e. The lowest BCUT2D eigenvalue weighted by molar-refractivity contribution is -0.626. The number of aromatic nitrogens is 1. The predicted molar refractivity (Wildman–Crippen MR) is 86.2 cm³/mol. The SMILES string of the molecule is Cc1nc2c(O)cc(C34OCC(C)(C)C3(C(C)(C)C)OO4)cc2o1. The van der Waals surface area contributed by atoms with Crippen LogP contribution in [0.4, 0.5) is 0 Å². The predicted octanol–water partition coefficient (Wildman–Crippen LogP) is 3.80. The zero-order valence-corrected chi connectivity index (χ0v) is 14.9. The lowest BCUT2D eigenvalue weighted by atomic mass is 9.57. The average Bonchev–Trinajstić information content (AvgIpc) is 2.83. The van der Waals surface area contributed by atoms with Gasteiger partial charge in [-0.05, 0) is 12.1 Å². The Morgan fingerprint density at radius 3 is 2.46 bits per heavy atom. The first kappa shape index (κ1) is 15.9. The van der Waals surface area contributed by atoms with Crippen LogP contribution in [0.1, 0.15) is 46.1 Å². The quantitative estimate of drug-likeness (QED) is 0.800. The molecule has 6 nitrogen and oxygen atoms in total. The second-order valence-corrected chi connectivity index (χ2v) is 8.46. The fourth-order valence-corrected chi connectivity index (χ4v) is 4.55. The van der Waals surface area contributed by atoms with Crippen LogP contribution in [0.15, 0.2) is 16.5 Å². The van der Waals surface area contributed by atoms with Gasteiger partial charge in [0.25, 0.3) is 5.79 Å². The molecule has 4 rings (SSSR count). The number of nitrogens with zero attached hydrogens (tertiary/aromatic N) is 1. The van der Waals surface area contributed by atoms with Crippen molar-refractivity contribution in [3.05, 3.63) is 23.6 Å². The number of phenols is 1. The fourth-order valence-electron chi connectivity index (χ4n) is 4.55. The molecule has 1 aromatic heterocycles. The molecule has 6 heteroatoms. The summed E-state index contributed by atoms with van der Waals surface area (Å²) in [5.74, 6) is -0.544. The Labute approximate surface area is 140 Å². The van der Waals surface area contributed by atoms with Gasteiger partial charge >= 0.3 is 0 Å². The summed E-state index contributed by atoms with van der Waals surface area (Å²) in [5.41, 5.74) is 0.395. The molecule has 2 aliphatic rings. The third-order valence-corrected chi connectivity index (χ3v) is 5.35. The molecule has 0 spiro atoms. The highest BCUT2D eigenvalue weighted by Crippen LogP contribution is 2.69. The van der Waals surface area contributed by atoms with Crippen molar-refractivity contribution < 1.29 is 24.0 Å². The number of phenolic OH excluding ortho intramolecular Hbond substituents is 1. The third-order valence-electron chi connectivity index (χ3n) is 5.35. The van der Waals surface area contributed by atoms with E-state index in [4.69, 9.17) is 18.9 Å². The molecule has 0 saturated carbocycles. The number of aromatic hydroxyl groups is 1. The van der Waals surface area contributed by atoms with Crippen LogP contribution < -0.4 is 0 Å². The van der Waals surface area contributed by atoms with Gasteiger partial charge in [0.2, 0.25) is 0 Å². The first-order valence-electron chi connectivity index (χ1n) is 8.16. The van der Waals surface area contributed by atoms with Crippen molar-refractivity contribution in [3.8, 4) is 5.75 Å². The van der Waals surface area contributed by atoms with Crippen molar-refractivity contribution in [2.24, 2.45) is 10.8 Å². The second kappa shape index (κ2) is 4.31. The Balaban J connectivity index is 1.96. The molecule has 0 aliphatic carbocycles. The topological polar surface area (TPSA) is 74.0 Å². The molecule has 1 aromatic carbocycles. The number of rotatable bonds is 1. The molecule has 2 saturated heterocycles. The highest BCUT2D eigenvalue weighted by atomic mass is 17.3. The normalized spacial score (nSPS) is 31.9. The van der Waals surface area contributed by atoms with Gasteiger partial charge in [-0.2, -0.15) is 4.89 Å². The van der Waals surface area contributed by atoms with E-state index in [0.29, 0.717) is 29.2 Å². The maximum atomic E-state index is 10.4. The van der Waals surface area contributed by atoms with E-state index >= 15 is 0 Å². The summed E-state index contributed by atoms with van der Waals surface area (Å²) in [6.45, 7) is 12.8. The smallest absolute Gasteiger partial charge is 0.261 e. The number of benzene rings is 1. The van der Waals surface area contributed by atoms with Gasteiger partial charge in [0.1, 0.15) is 5.75 Å². The van der Waals surface area contributed by atoms with Gasteiger partial charge in [-0.15, -0.1) is 0 Å². The van der Waals surface area contributed by atoms with Crippen LogP contribution in [0.5, 0.6) is 5.75 Å². The minimum atomic E-state index is -1.08. The summed E-state index contributed by atoms with van der Waals surface area (Å²) in [6, 6.07) is 3.45. The van der Waals surface area contributed by atoms with Gasteiger partial charge in [-0.3, -0.25) is 0 Å². The van der Waals surface area contributed by atoms with Crippen LogP contribution in [0.25, 0.3) is 11.1 Å². The number of fused-ring (bicyclic) bond motifs is 2. The maximum absolute atomic E-state index is 10.4. The molecule has 2 aromatic rings. The summed E-state index contributed by atoms with van der Waals surface area (Å²) >= 11 is 0. The number of ether oxygens (including phenoxy) is 1. The van der Waals surface area contributed by atoms with E-state index in [0.717, 1.165) is 0 Å². The van der Waals surface area contributed by atoms with Crippen molar-refractivity contribution in [3.63, 3.8) is 0 Å². The zero-order chi connectivity index (χ0) is 17.5. The third kappa shape index (κ3) is 1.59. The Kier molecular flexibility index (Phi) is 2.85. The molecular weight excluding hydrogens is 310 g/mol. The van der Waals surface area contributed by atoms with Crippen LogP contribution in [0, 0.1) is 17.8 Å². The summed E-state index contributed by atoms with van der Waals surface area (Å²) in [6.07, 6.45) is 0. The van der Waals surface area contributed by atoms with E-state index in [1.165, 1.54) is 0 Å². The van der Waals surface area contributed by atoms with E-state index in [9.17, 15) is 5.11 Å². The van der Waals surface area contributed by atoms with E-state index in [1.54, 1.807) is 13.0 Å². The van der Waals surface area contributed by atoms with Crippen LogP contribution in [0.3, 0.4) is 0 Å². The Hall–Kier alpha value is -1.63. The van der Waals surface area contributed by atoms with Crippen molar-refractivity contribution >= 4 is 11.1 Å². The fraction of sp³-hybridized carbons (Fsp3) is 0.611. The summed E-state index contributed by atoms with van der Waals surface area (Å²) in [5, 5.41) is 10.4. The molecule has 24 heavy (non-hydrogen) atoms. The summed E-state index contributed by atoms with van der Waals surface area (Å²) in [4.78, 5) is 15.6. The maximum Gasteiger partial charge on any atom is 0.261 e. The zero-order valence-electron chi connectivity index (χ0n) is 14.9. The average molecular weight is 333 g/mol. The molecule has 130 valence electrons. The van der Waals surface area contributed by atoms with Crippen LogP contribution >= 0.6 is 0 Å². The van der Waals surface area contributed by atoms with Crippen molar-refractivity contribution in [2.75, 3.05) is 6.61 Å². The molecule has 0 radical (unpaired) electrons. The Bertz CT molecular complexity index is 834. The van der Waals surface area contributed by atoms with Gasteiger partial charge in [0.15, 0.2) is 22.6 Å². The first-order valence-corrected chi connectivity index (χ1v) is 8.16. The molecular formula is C18H23NO5. The molecule has 2 atom stereocenters. The standard InChI is InChI=1S/C18H23NO5/c1-10-19-14-12(20)7-11(8-13(14)22-10)17-18(24-23-17,15(2,3)4)16(5,6)9-21-17/h7-8,20H,9H2,1-6H3. The second-order valence-electron chi connectivity index (χ2n) is 8.46. The van der Waals surface area contributed by atoms with Crippen molar-refractivity contribution in [1.29, 1.82) is 0 Å². The molecule has 3 heterocycles. The molecule has 2 fully saturated rings. The molecule has 0 bridgehead atoms. The van der Waals surface area contributed by atoms with Crippen LogP contribution in [-0.4, -0.2) is 22.3 Å². The lowest BCUT2D eigenvalue weighted by Gasteiger charge is -2.61. The van der Waals surface area contributed by atoms with Gasteiger partial charge in [0, 0.05) is 23.3 Å². The van der Waals surface area contributed by atoms with E-state index < -0.39 is 11.4 Å². The van der Waals surface area contributed by atoms with E-state index in [2.05, 4.69) is 39.6 Å². The number of hydrogen-bond donors (Lipinski definition) is 1. The first-order chi connectivity index (χ1) is 11.0. The highest BCUT2D eigenvalue weighted by molar-refractivity contribution is 5.80. The molecule has 0 amide bonds. The molecule has 2 aliphatic heterocycles. The van der Waals surface area contributed by atoms with Crippen molar-refractivity contribution in [2.45, 2.75) is 52.9 Å². The highest BCUT2D eigenvalue weighted by Gasteiger charge is 2.81. The van der Waals surface area contributed by atoms with Gasteiger partial charge < -0.3 is 14.3 Å². The Morgan fingerprint density at radius 2 is 1.88 bits per heavy atom. The van der Waals surface area contributed by atoms with Gasteiger partial charge in [0.05, 0.1) is 6.61 Å². The molecule has 1 N–H and O–H groups in total. The molecule has 2 unspecified atom stereocenters. The minimum Gasteiger partial charge on any atom is -0.506 e. The van der Waals surface area contributed by atoms with E-state index in [1.807, 2.05) is 6.07 Å². The van der Waals surface area contributed by atoms with Gasteiger partial charge in [-0.1, -0.05) is 34.6 Å². The van der Waals surface area contributed by atoms with Crippen LogP contribution in [-0.2, 0) is 20.3 Å².